The first-order chi connectivity index (χ1) is 14.4. The molecule has 2 rings (SSSR count). The SMILES string of the molecule is CCCCCn1c(CCC(=O)NCC(=O)OC)nc2c1c(=O)[nH]c(=O)n2CCCC. The molecule has 0 radical (unpaired) electrons. The van der Waals surface area contributed by atoms with Gasteiger partial charge in [0.05, 0.1) is 7.11 Å². The number of fused-ring (bicyclic) bond motifs is 1. The molecule has 0 atom stereocenters. The molecule has 0 aliphatic heterocycles. The zero-order valence-corrected chi connectivity index (χ0v) is 18.0. The van der Waals surface area contributed by atoms with E-state index in [1.54, 1.807) is 0 Å². The Bertz CT molecular complexity index is 988. The molecule has 0 fully saturated rings. The van der Waals surface area contributed by atoms with E-state index in [1.807, 2.05) is 11.5 Å². The Balaban J connectivity index is 2.36. The molecule has 0 saturated carbocycles. The van der Waals surface area contributed by atoms with E-state index in [-0.39, 0.29) is 25.3 Å². The number of H-pyrrole nitrogens is 1. The van der Waals surface area contributed by atoms with Gasteiger partial charge in [-0.05, 0) is 12.8 Å². The molecule has 2 aromatic heterocycles. The van der Waals surface area contributed by atoms with Gasteiger partial charge in [-0.3, -0.25) is 23.9 Å². The summed E-state index contributed by atoms with van der Waals surface area (Å²) in [6, 6.07) is 0. The molecule has 0 aromatic carbocycles. The smallest absolute Gasteiger partial charge is 0.330 e. The molecule has 0 spiro atoms. The molecular weight excluding hydrogens is 390 g/mol. The molecule has 1 amide bonds. The van der Waals surface area contributed by atoms with Crippen LogP contribution in [0.3, 0.4) is 0 Å². The number of esters is 1. The number of carbonyl (C=O) groups excluding carboxylic acids is 2. The van der Waals surface area contributed by atoms with E-state index >= 15 is 0 Å². The Morgan fingerprint density at radius 3 is 2.43 bits per heavy atom. The minimum Gasteiger partial charge on any atom is -0.468 e. The summed E-state index contributed by atoms with van der Waals surface area (Å²) in [5.74, 6) is -0.262. The maximum Gasteiger partial charge on any atom is 0.330 e. The number of unbranched alkanes of at least 4 members (excludes halogenated alkanes) is 3. The second-order valence-electron chi connectivity index (χ2n) is 7.18. The third-order valence-electron chi connectivity index (χ3n) is 4.92. The minimum absolute atomic E-state index is 0.102. The van der Waals surface area contributed by atoms with Crippen LogP contribution in [0.5, 0.6) is 0 Å². The average molecular weight is 421 g/mol. The number of aryl methyl sites for hydroxylation is 3. The van der Waals surface area contributed by atoms with E-state index in [9.17, 15) is 19.2 Å². The van der Waals surface area contributed by atoms with Crippen LogP contribution in [0.25, 0.3) is 11.2 Å². The van der Waals surface area contributed by atoms with Gasteiger partial charge in [-0.25, -0.2) is 9.78 Å². The Morgan fingerprint density at radius 2 is 1.77 bits per heavy atom. The maximum absolute atomic E-state index is 12.6. The summed E-state index contributed by atoms with van der Waals surface area (Å²) in [7, 11) is 1.25. The molecular formula is C20H31N5O5. The van der Waals surface area contributed by atoms with Crippen molar-refractivity contribution in [3.05, 3.63) is 26.7 Å². The molecule has 10 heteroatoms. The van der Waals surface area contributed by atoms with Gasteiger partial charge < -0.3 is 14.6 Å². The van der Waals surface area contributed by atoms with Crippen LogP contribution in [-0.2, 0) is 33.8 Å². The zero-order chi connectivity index (χ0) is 22.1. The summed E-state index contributed by atoms with van der Waals surface area (Å²) < 4.78 is 7.82. The second-order valence-corrected chi connectivity index (χ2v) is 7.18. The monoisotopic (exact) mass is 421 g/mol. The number of aromatic amines is 1. The first kappa shape index (κ1) is 23.4. The Morgan fingerprint density at radius 1 is 1.07 bits per heavy atom. The Labute approximate surface area is 174 Å². The largest absolute Gasteiger partial charge is 0.468 e. The lowest BCUT2D eigenvalue weighted by molar-refractivity contribution is -0.141. The standard InChI is InChI=1S/C20H31N5O5/c1-4-6-8-12-24-14(9-10-15(26)21-13-16(27)30-3)22-18-17(24)19(28)23-20(29)25(18)11-7-5-2/h4-13H2,1-3H3,(H,21,26)(H,23,28,29). The van der Waals surface area contributed by atoms with Crippen LogP contribution in [0.2, 0.25) is 0 Å². The fourth-order valence-corrected chi connectivity index (χ4v) is 3.25. The predicted molar refractivity (Wildman–Crippen MR) is 112 cm³/mol. The number of nitrogens with one attached hydrogen (secondary N) is 2. The third-order valence-corrected chi connectivity index (χ3v) is 4.92. The van der Waals surface area contributed by atoms with Crippen molar-refractivity contribution in [2.45, 2.75) is 71.9 Å². The van der Waals surface area contributed by atoms with Gasteiger partial charge in [-0.2, -0.15) is 0 Å². The van der Waals surface area contributed by atoms with Crippen LogP contribution in [0.4, 0.5) is 0 Å². The fourth-order valence-electron chi connectivity index (χ4n) is 3.25. The van der Waals surface area contributed by atoms with Gasteiger partial charge >= 0.3 is 11.7 Å². The highest BCUT2D eigenvalue weighted by atomic mass is 16.5. The van der Waals surface area contributed by atoms with Gasteiger partial charge in [0.1, 0.15) is 12.4 Å². The molecule has 0 aliphatic carbocycles. The maximum atomic E-state index is 12.6. The zero-order valence-electron chi connectivity index (χ0n) is 18.0. The highest BCUT2D eigenvalue weighted by Gasteiger charge is 2.19. The molecule has 0 saturated heterocycles. The summed E-state index contributed by atoms with van der Waals surface area (Å²) in [5, 5.41) is 2.50. The molecule has 10 nitrogen and oxygen atoms in total. The molecule has 2 N–H and O–H groups in total. The van der Waals surface area contributed by atoms with Crippen LogP contribution >= 0.6 is 0 Å². The topological polar surface area (TPSA) is 128 Å². The number of carbonyl (C=O) groups is 2. The number of ether oxygens (including phenoxy) is 1. The summed E-state index contributed by atoms with van der Waals surface area (Å²) in [6.07, 6.45) is 4.95. The first-order valence-corrected chi connectivity index (χ1v) is 10.5. The lowest BCUT2D eigenvalue weighted by atomic mass is 10.2. The number of nitrogens with zero attached hydrogens (tertiary/aromatic N) is 3. The van der Waals surface area contributed by atoms with Crippen LogP contribution in [0, 0.1) is 0 Å². The Hall–Kier alpha value is -2.91. The number of amides is 1. The average Bonchev–Trinajstić information content (AvgIpc) is 3.09. The highest BCUT2D eigenvalue weighted by molar-refractivity contribution is 5.82. The van der Waals surface area contributed by atoms with E-state index in [2.05, 4.69) is 26.9 Å². The number of hydrogen-bond acceptors (Lipinski definition) is 6. The lowest BCUT2D eigenvalue weighted by Gasteiger charge is -2.09. The second kappa shape index (κ2) is 11.3. The fraction of sp³-hybridized carbons (Fsp3) is 0.650. The van der Waals surface area contributed by atoms with Crippen molar-refractivity contribution in [3.8, 4) is 0 Å². The normalized spacial score (nSPS) is 11.0. The van der Waals surface area contributed by atoms with Crippen molar-refractivity contribution in [2.24, 2.45) is 0 Å². The van der Waals surface area contributed by atoms with Crippen molar-refractivity contribution in [3.63, 3.8) is 0 Å². The molecule has 166 valence electrons. The van der Waals surface area contributed by atoms with Gasteiger partial charge in [0.2, 0.25) is 5.91 Å². The van der Waals surface area contributed by atoms with Crippen molar-refractivity contribution in [1.29, 1.82) is 0 Å². The number of hydrogen-bond donors (Lipinski definition) is 2. The van der Waals surface area contributed by atoms with E-state index in [1.165, 1.54) is 11.7 Å². The number of aromatic nitrogens is 4. The van der Waals surface area contributed by atoms with Gasteiger partial charge in [0, 0.05) is 25.9 Å². The Kier molecular flexibility index (Phi) is 8.82. The lowest BCUT2D eigenvalue weighted by Crippen LogP contribution is -2.31. The third kappa shape index (κ3) is 5.80. The molecule has 2 aromatic rings. The number of methoxy groups -OCH3 is 1. The molecule has 0 bridgehead atoms. The van der Waals surface area contributed by atoms with E-state index in [0.29, 0.717) is 30.1 Å². The van der Waals surface area contributed by atoms with Gasteiger partial charge in [0.25, 0.3) is 5.56 Å². The van der Waals surface area contributed by atoms with Crippen molar-refractivity contribution >= 4 is 23.0 Å². The molecule has 2 heterocycles. The van der Waals surface area contributed by atoms with Crippen LogP contribution in [-0.4, -0.2) is 44.6 Å². The molecule has 0 aliphatic rings. The van der Waals surface area contributed by atoms with Crippen LogP contribution < -0.4 is 16.6 Å². The van der Waals surface area contributed by atoms with Gasteiger partial charge in [0.15, 0.2) is 11.2 Å². The van der Waals surface area contributed by atoms with Gasteiger partial charge in [-0.1, -0.05) is 33.1 Å². The first-order valence-electron chi connectivity index (χ1n) is 10.5. The number of imidazole rings is 1. The number of rotatable bonds is 12. The van der Waals surface area contributed by atoms with E-state index in [0.717, 1.165) is 32.1 Å². The summed E-state index contributed by atoms with van der Waals surface area (Å²) >= 11 is 0. The summed E-state index contributed by atoms with van der Waals surface area (Å²) in [4.78, 5) is 55.2. The van der Waals surface area contributed by atoms with Crippen LogP contribution in [0.15, 0.2) is 9.59 Å². The van der Waals surface area contributed by atoms with Crippen molar-refractivity contribution < 1.29 is 14.3 Å². The quantitative estimate of drug-likeness (QED) is 0.390. The summed E-state index contributed by atoms with van der Waals surface area (Å²) in [6.45, 7) is 4.97. The van der Waals surface area contributed by atoms with E-state index in [4.69, 9.17) is 0 Å². The molecule has 30 heavy (non-hydrogen) atoms. The highest BCUT2D eigenvalue weighted by Crippen LogP contribution is 2.15. The molecule has 0 unspecified atom stereocenters. The minimum atomic E-state index is -0.526. The van der Waals surface area contributed by atoms with Crippen molar-refractivity contribution in [2.75, 3.05) is 13.7 Å². The summed E-state index contributed by atoms with van der Waals surface area (Å²) in [5.41, 5.74) is -0.208. The van der Waals surface area contributed by atoms with Crippen molar-refractivity contribution in [1.82, 2.24) is 24.4 Å². The van der Waals surface area contributed by atoms with Gasteiger partial charge in [-0.15, -0.1) is 0 Å². The van der Waals surface area contributed by atoms with Crippen LogP contribution in [0.1, 0.15) is 58.2 Å². The predicted octanol–water partition coefficient (Wildman–Crippen LogP) is 1.10. The van der Waals surface area contributed by atoms with E-state index < -0.39 is 17.2 Å².